The molecule has 2 aliphatic rings. The number of nitrogens with zero attached hydrogens (tertiary/aromatic N) is 4. The van der Waals surface area contributed by atoms with Crippen molar-refractivity contribution in [2.75, 3.05) is 49.1 Å². The Morgan fingerprint density at radius 1 is 1.03 bits per heavy atom. The summed E-state index contributed by atoms with van der Waals surface area (Å²) in [6, 6.07) is 9.04. The summed E-state index contributed by atoms with van der Waals surface area (Å²) in [6.45, 7) is 9.02. The zero-order valence-corrected chi connectivity index (χ0v) is 17.4. The Hall–Kier alpha value is -2.38. The SMILES string of the molecule is CCN1CCN(Cc2ccc(Nc3ncc(N)c(NC4CCCC4)n3)cc2)CC1. The first-order valence-corrected chi connectivity index (χ1v) is 10.9. The van der Waals surface area contributed by atoms with Crippen molar-refractivity contribution in [1.82, 2.24) is 19.8 Å². The summed E-state index contributed by atoms with van der Waals surface area (Å²) < 4.78 is 0. The third-order valence-corrected chi connectivity index (χ3v) is 6.04. The molecule has 1 aliphatic heterocycles. The molecule has 0 radical (unpaired) electrons. The number of aromatic nitrogens is 2. The lowest BCUT2D eigenvalue weighted by atomic mass is 10.2. The van der Waals surface area contributed by atoms with Gasteiger partial charge in [-0.15, -0.1) is 0 Å². The zero-order chi connectivity index (χ0) is 20.1. The Morgan fingerprint density at radius 2 is 1.72 bits per heavy atom. The predicted octanol–water partition coefficient (Wildman–Crippen LogP) is 3.29. The maximum absolute atomic E-state index is 6.06. The quantitative estimate of drug-likeness (QED) is 0.663. The van der Waals surface area contributed by atoms with Crippen molar-refractivity contribution in [1.29, 1.82) is 0 Å². The maximum atomic E-state index is 6.06. The Bertz CT molecular complexity index is 778. The molecule has 156 valence electrons. The predicted molar refractivity (Wildman–Crippen MR) is 119 cm³/mol. The molecule has 2 heterocycles. The van der Waals surface area contributed by atoms with Crippen LogP contribution in [0.25, 0.3) is 0 Å². The Morgan fingerprint density at radius 3 is 2.41 bits per heavy atom. The van der Waals surface area contributed by atoms with Gasteiger partial charge in [-0.1, -0.05) is 31.9 Å². The summed E-state index contributed by atoms with van der Waals surface area (Å²) in [4.78, 5) is 14.0. The van der Waals surface area contributed by atoms with Crippen LogP contribution >= 0.6 is 0 Å². The van der Waals surface area contributed by atoms with E-state index >= 15 is 0 Å². The number of nitrogens with two attached hydrogens (primary N) is 1. The molecule has 2 fully saturated rings. The van der Waals surface area contributed by atoms with Gasteiger partial charge in [0.2, 0.25) is 5.95 Å². The van der Waals surface area contributed by atoms with Gasteiger partial charge in [-0.25, -0.2) is 4.98 Å². The first-order chi connectivity index (χ1) is 14.2. The second-order valence-corrected chi connectivity index (χ2v) is 8.16. The van der Waals surface area contributed by atoms with Gasteiger partial charge in [0.1, 0.15) is 0 Å². The van der Waals surface area contributed by atoms with Gasteiger partial charge in [0.25, 0.3) is 0 Å². The van der Waals surface area contributed by atoms with Gasteiger partial charge >= 0.3 is 0 Å². The molecule has 1 aromatic carbocycles. The van der Waals surface area contributed by atoms with E-state index in [0.29, 0.717) is 17.7 Å². The molecular formula is C22H33N7. The van der Waals surface area contributed by atoms with Crippen LogP contribution in [0.2, 0.25) is 0 Å². The third kappa shape index (κ3) is 5.36. The molecule has 1 saturated heterocycles. The molecule has 0 unspecified atom stereocenters. The number of likely N-dealkylation sites (N-methyl/N-ethyl adjacent to an activating group) is 1. The molecular weight excluding hydrogens is 362 g/mol. The van der Waals surface area contributed by atoms with Gasteiger partial charge in [0.05, 0.1) is 11.9 Å². The van der Waals surface area contributed by atoms with Gasteiger partial charge in [0.15, 0.2) is 5.82 Å². The normalized spacial score (nSPS) is 18.8. The molecule has 0 atom stereocenters. The minimum atomic E-state index is 0.471. The van der Waals surface area contributed by atoms with E-state index in [1.54, 1.807) is 6.20 Å². The standard InChI is InChI=1S/C22H33N7/c1-2-28-11-13-29(14-12-28)16-17-7-9-19(10-8-17)26-22-24-15-20(23)21(27-22)25-18-5-3-4-6-18/h7-10,15,18H,2-6,11-14,16,23H2,1H3,(H2,24,25,26,27). The number of nitrogen functional groups attached to an aromatic ring is 1. The van der Waals surface area contributed by atoms with Crippen LogP contribution in [-0.4, -0.2) is 58.5 Å². The van der Waals surface area contributed by atoms with Crippen LogP contribution in [0.15, 0.2) is 30.5 Å². The van der Waals surface area contributed by atoms with Crippen molar-refractivity contribution < 1.29 is 0 Å². The summed E-state index contributed by atoms with van der Waals surface area (Å²) in [7, 11) is 0. The average Bonchev–Trinajstić information content (AvgIpc) is 3.26. The van der Waals surface area contributed by atoms with E-state index in [0.717, 1.165) is 37.7 Å². The third-order valence-electron chi connectivity index (χ3n) is 6.04. The van der Waals surface area contributed by atoms with E-state index in [1.807, 2.05) is 0 Å². The monoisotopic (exact) mass is 395 g/mol. The molecule has 1 saturated carbocycles. The first-order valence-electron chi connectivity index (χ1n) is 10.9. The molecule has 7 nitrogen and oxygen atoms in total. The highest BCUT2D eigenvalue weighted by atomic mass is 15.3. The molecule has 29 heavy (non-hydrogen) atoms. The van der Waals surface area contributed by atoms with Crippen molar-refractivity contribution in [2.45, 2.75) is 45.2 Å². The largest absolute Gasteiger partial charge is 0.394 e. The molecule has 0 bridgehead atoms. The van der Waals surface area contributed by atoms with Gasteiger partial charge in [0, 0.05) is 44.5 Å². The Labute approximate surface area is 173 Å². The highest BCUT2D eigenvalue weighted by molar-refractivity contribution is 5.64. The fraction of sp³-hybridized carbons (Fsp3) is 0.545. The number of benzene rings is 1. The van der Waals surface area contributed by atoms with Crippen LogP contribution in [0, 0.1) is 0 Å². The van der Waals surface area contributed by atoms with Crippen molar-refractivity contribution in [3.8, 4) is 0 Å². The Balaban J connectivity index is 1.33. The fourth-order valence-electron chi connectivity index (χ4n) is 4.17. The van der Waals surface area contributed by atoms with E-state index in [2.05, 4.69) is 61.6 Å². The second-order valence-electron chi connectivity index (χ2n) is 8.16. The van der Waals surface area contributed by atoms with Crippen LogP contribution in [0.1, 0.15) is 38.2 Å². The molecule has 4 rings (SSSR count). The highest BCUT2D eigenvalue weighted by Crippen LogP contribution is 2.25. The number of hydrogen-bond donors (Lipinski definition) is 3. The average molecular weight is 396 g/mol. The van der Waals surface area contributed by atoms with Crippen LogP contribution < -0.4 is 16.4 Å². The van der Waals surface area contributed by atoms with E-state index in [9.17, 15) is 0 Å². The lowest BCUT2D eigenvalue weighted by molar-refractivity contribution is 0.132. The lowest BCUT2D eigenvalue weighted by Gasteiger charge is -2.34. The van der Waals surface area contributed by atoms with E-state index in [4.69, 9.17) is 5.73 Å². The number of anilines is 4. The van der Waals surface area contributed by atoms with Gasteiger partial charge in [-0.2, -0.15) is 4.98 Å². The maximum Gasteiger partial charge on any atom is 0.229 e. The minimum Gasteiger partial charge on any atom is -0.394 e. The van der Waals surface area contributed by atoms with E-state index in [-0.39, 0.29) is 0 Å². The van der Waals surface area contributed by atoms with Crippen molar-refractivity contribution >= 4 is 23.1 Å². The van der Waals surface area contributed by atoms with E-state index < -0.39 is 0 Å². The second kappa shape index (κ2) is 9.41. The summed E-state index contributed by atoms with van der Waals surface area (Å²) >= 11 is 0. The number of piperazine rings is 1. The number of hydrogen-bond acceptors (Lipinski definition) is 7. The summed E-state index contributed by atoms with van der Waals surface area (Å²) in [5.41, 5.74) is 8.98. The van der Waals surface area contributed by atoms with Crippen LogP contribution in [0.4, 0.5) is 23.1 Å². The molecule has 4 N–H and O–H groups in total. The topological polar surface area (TPSA) is 82.3 Å². The van der Waals surface area contributed by atoms with Gasteiger partial charge in [-0.05, 0) is 37.1 Å². The molecule has 7 heteroatoms. The molecule has 2 aromatic rings. The zero-order valence-electron chi connectivity index (χ0n) is 17.4. The highest BCUT2D eigenvalue weighted by Gasteiger charge is 2.17. The van der Waals surface area contributed by atoms with Crippen LogP contribution in [0.3, 0.4) is 0 Å². The fourth-order valence-corrected chi connectivity index (χ4v) is 4.17. The summed E-state index contributed by atoms with van der Waals surface area (Å²) in [5, 5.41) is 6.77. The van der Waals surface area contributed by atoms with E-state index in [1.165, 1.54) is 44.3 Å². The van der Waals surface area contributed by atoms with Crippen LogP contribution in [0.5, 0.6) is 0 Å². The number of rotatable bonds is 7. The smallest absolute Gasteiger partial charge is 0.229 e. The number of nitrogens with one attached hydrogen (secondary N) is 2. The van der Waals surface area contributed by atoms with Crippen LogP contribution in [-0.2, 0) is 6.54 Å². The summed E-state index contributed by atoms with van der Waals surface area (Å²) in [5.74, 6) is 1.31. The molecule has 1 aliphatic carbocycles. The molecule has 0 spiro atoms. The first kappa shape index (κ1) is 19.9. The van der Waals surface area contributed by atoms with Crippen molar-refractivity contribution in [2.24, 2.45) is 0 Å². The Kier molecular flexibility index (Phi) is 6.46. The summed E-state index contributed by atoms with van der Waals surface area (Å²) in [6.07, 6.45) is 6.59. The molecule has 0 amide bonds. The van der Waals surface area contributed by atoms with Crippen molar-refractivity contribution in [3.63, 3.8) is 0 Å². The van der Waals surface area contributed by atoms with Crippen molar-refractivity contribution in [3.05, 3.63) is 36.0 Å². The minimum absolute atomic E-state index is 0.471. The lowest BCUT2D eigenvalue weighted by Crippen LogP contribution is -2.45. The molecule has 1 aromatic heterocycles. The van der Waals surface area contributed by atoms with Gasteiger partial charge in [-0.3, -0.25) is 4.90 Å². The van der Waals surface area contributed by atoms with Gasteiger partial charge < -0.3 is 21.3 Å².